The number of ether oxygens (including phenoxy) is 1. The summed E-state index contributed by atoms with van der Waals surface area (Å²) in [5, 5.41) is 8.25. The number of para-hydroxylation sites is 1. The fraction of sp³-hybridized carbons (Fsp3) is 0.0870. The molecular formula is C23H19FN4O3. The first-order valence-corrected chi connectivity index (χ1v) is 9.59. The van der Waals surface area contributed by atoms with E-state index in [0.717, 1.165) is 5.75 Å². The van der Waals surface area contributed by atoms with E-state index in [1.807, 2.05) is 30.3 Å². The summed E-state index contributed by atoms with van der Waals surface area (Å²) in [6.45, 7) is 0. The lowest BCUT2D eigenvalue weighted by atomic mass is 10.2. The summed E-state index contributed by atoms with van der Waals surface area (Å²) >= 11 is 0. The van der Waals surface area contributed by atoms with Crippen LogP contribution >= 0.6 is 0 Å². The van der Waals surface area contributed by atoms with Crippen LogP contribution in [0.25, 0.3) is 0 Å². The summed E-state index contributed by atoms with van der Waals surface area (Å²) in [5.41, 5.74) is 1.15. The Morgan fingerprint density at radius 2 is 1.58 bits per heavy atom. The molecule has 0 saturated carbocycles. The van der Waals surface area contributed by atoms with Crippen LogP contribution in [0, 0.1) is 5.82 Å². The van der Waals surface area contributed by atoms with E-state index in [1.165, 1.54) is 24.3 Å². The Bertz CT molecular complexity index is 1100. The third-order valence-corrected chi connectivity index (χ3v) is 4.43. The highest BCUT2D eigenvalue weighted by Gasteiger charge is 2.28. The van der Waals surface area contributed by atoms with Crippen LogP contribution in [0.5, 0.6) is 11.5 Å². The van der Waals surface area contributed by atoms with Gasteiger partial charge in [-0.3, -0.25) is 14.9 Å². The molecule has 0 saturated heterocycles. The highest BCUT2D eigenvalue weighted by molar-refractivity contribution is 6.11. The minimum Gasteiger partial charge on any atom is -0.457 e. The number of hydrogen-bond donors (Lipinski definition) is 3. The van der Waals surface area contributed by atoms with E-state index in [0.29, 0.717) is 17.1 Å². The zero-order valence-corrected chi connectivity index (χ0v) is 16.3. The predicted molar refractivity (Wildman–Crippen MR) is 116 cm³/mol. The van der Waals surface area contributed by atoms with Crippen LogP contribution in [-0.4, -0.2) is 23.8 Å². The number of amides is 2. The van der Waals surface area contributed by atoms with Crippen molar-refractivity contribution in [3.63, 3.8) is 0 Å². The van der Waals surface area contributed by atoms with Gasteiger partial charge in [0, 0.05) is 11.4 Å². The van der Waals surface area contributed by atoms with E-state index < -0.39 is 11.9 Å². The Labute approximate surface area is 178 Å². The average molecular weight is 418 g/mol. The topological polar surface area (TPSA) is 91.8 Å². The summed E-state index contributed by atoms with van der Waals surface area (Å²) < 4.78 is 18.7. The average Bonchev–Trinajstić information content (AvgIpc) is 3.10. The van der Waals surface area contributed by atoms with Crippen molar-refractivity contribution in [3.05, 3.63) is 84.7 Å². The van der Waals surface area contributed by atoms with E-state index in [1.54, 1.807) is 24.3 Å². The number of carbonyl (C=O) groups is 2. The zero-order chi connectivity index (χ0) is 21.6. The lowest BCUT2D eigenvalue weighted by Crippen LogP contribution is -2.33. The van der Waals surface area contributed by atoms with Crippen LogP contribution in [0.1, 0.15) is 6.42 Å². The molecule has 3 aromatic carbocycles. The van der Waals surface area contributed by atoms with Crippen molar-refractivity contribution in [1.82, 2.24) is 5.32 Å². The fourth-order valence-corrected chi connectivity index (χ4v) is 2.94. The fourth-order valence-electron chi connectivity index (χ4n) is 2.94. The second kappa shape index (κ2) is 9.08. The van der Waals surface area contributed by atoms with Gasteiger partial charge in [-0.25, -0.2) is 9.38 Å². The second-order valence-electron chi connectivity index (χ2n) is 6.81. The number of rotatable bonds is 6. The Morgan fingerprint density at radius 1 is 0.935 bits per heavy atom. The molecule has 0 aliphatic carbocycles. The van der Waals surface area contributed by atoms with Crippen molar-refractivity contribution >= 4 is 29.1 Å². The quantitative estimate of drug-likeness (QED) is 0.566. The number of nitrogens with one attached hydrogen (secondary N) is 3. The van der Waals surface area contributed by atoms with Crippen LogP contribution in [-0.2, 0) is 9.59 Å². The molecule has 8 heteroatoms. The standard InChI is InChI=1S/C23H19FN4O3/c24-15-6-8-16(9-7-15)25-21(29)14-20-22(30)28-23(27-20)26-17-10-12-19(13-11-17)31-18-4-2-1-3-5-18/h1-13,20H,14H2,(H,25,29)(H2,26,27,28,30)/t20-/m1/s1. The molecule has 7 nitrogen and oxygen atoms in total. The van der Waals surface area contributed by atoms with Crippen LogP contribution in [0.2, 0.25) is 0 Å². The SMILES string of the molecule is O=C(C[C@H]1N=C(Nc2ccc(Oc3ccccc3)cc2)NC1=O)Nc1ccc(F)cc1. The molecule has 1 aliphatic rings. The molecule has 4 rings (SSSR count). The van der Waals surface area contributed by atoms with E-state index in [9.17, 15) is 14.0 Å². The van der Waals surface area contributed by atoms with Gasteiger partial charge in [-0.1, -0.05) is 18.2 Å². The van der Waals surface area contributed by atoms with Gasteiger partial charge in [0.15, 0.2) is 0 Å². The van der Waals surface area contributed by atoms with Crippen LogP contribution < -0.4 is 20.7 Å². The van der Waals surface area contributed by atoms with Gasteiger partial charge in [-0.05, 0) is 60.7 Å². The number of aliphatic imine (C=N–C) groups is 1. The summed E-state index contributed by atoms with van der Waals surface area (Å²) in [7, 11) is 0. The van der Waals surface area contributed by atoms with Crippen LogP contribution in [0.15, 0.2) is 83.9 Å². The van der Waals surface area contributed by atoms with Gasteiger partial charge in [0.25, 0.3) is 5.91 Å². The smallest absolute Gasteiger partial charge is 0.252 e. The number of halogens is 1. The van der Waals surface area contributed by atoms with Gasteiger partial charge < -0.3 is 15.4 Å². The molecule has 2 amide bonds. The van der Waals surface area contributed by atoms with E-state index in [-0.39, 0.29) is 24.2 Å². The minimum absolute atomic E-state index is 0.127. The number of benzene rings is 3. The molecule has 3 N–H and O–H groups in total. The summed E-state index contributed by atoms with van der Waals surface area (Å²) in [5.74, 6) is 0.510. The minimum atomic E-state index is -0.844. The molecule has 0 radical (unpaired) electrons. The molecule has 1 heterocycles. The summed E-state index contributed by atoms with van der Waals surface area (Å²) in [6, 6.07) is 21.1. The number of hydrogen-bond acceptors (Lipinski definition) is 5. The van der Waals surface area contributed by atoms with Crippen LogP contribution in [0.4, 0.5) is 15.8 Å². The Kier molecular flexibility index (Phi) is 5.89. The van der Waals surface area contributed by atoms with Gasteiger partial charge in [0.1, 0.15) is 23.4 Å². The lowest BCUT2D eigenvalue weighted by Gasteiger charge is -2.08. The first kappa shape index (κ1) is 20.1. The van der Waals surface area contributed by atoms with Gasteiger partial charge in [0.2, 0.25) is 11.9 Å². The van der Waals surface area contributed by atoms with Crippen molar-refractivity contribution in [1.29, 1.82) is 0 Å². The van der Waals surface area contributed by atoms with Gasteiger partial charge in [-0.2, -0.15) is 0 Å². The van der Waals surface area contributed by atoms with Crippen molar-refractivity contribution < 1.29 is 18.7 Å². The monoisotopic (exact) mass is 418 g/mol. The van der Waals surface area contributed by atoms with Crippen molar-refractivity contribution in [2.24, 2.45) is 4.99 Å². The Hall–Kier alpha value is -4.20. The Balaban J connectivity index is 1.32. The van der Waals surface area contributed by atoms with E-state index >= 15 is 0 Å². The maximum absolute atomic E-state index is 12.9. The first-order valence-electron chi connectivity index (χ1n) is 9.59. The molecule has 3 aromatic rings. The summed E-state index contributed by atoms with van der Waals surface area (Å²) in [6.07, 6.45) is -0.127. The maximum Gasteiger partial charge on any atom is 0.252 e. The molecule has 0 fully saturated rings. The van der Waals surface area contributed by atoms with Crippen molar-refractivity contribution in [3.8, 4) is 11.5 Å². The highest BCUT2D eigenvalue weighted by atomic mass is 19.1. The Morgan fingerprint density at radius 3 is 2.29 bits per heavy atom. The van der Waals surface area contributed by atoms with Crippen molar-refractivity contribution in [2.75, 3.05) is 10.6 Å². The van der Waals surface area contributed by atoms with Crippen molar-refractivity contribution in [2.45, 2.75) is 12.5 Å². The molecule has 1 aliphatic heterocycles. The zero-order valence-electron chi connectivity index (χ0n) is 16.3. The maximum atomic E-state index is 12.9. The highest BCUT2D eigenvalue weighted by Crippen LogP contribution is 2.23. The third kappa shape index (κ3) is 5.45. The number of carbonyl (C=O) groups excluding carboxylic acids is 2. The lowest BCUT2D eigenvalue weighted by molar-refractivity contribution is -0.123. The molecule has 0 aromatic heterocycles. The second-order valence-corrected chi connectivity index (χ2v) is 6.81. The molecule has 31 heavy (non-hydrogen) atoms. The first-order chi connectivity index (χ1) is 15.0. The molecule has 1 atom stereocenters. The predicted octanol–water partition coefficient (Wildman–Crippen LogP) is 3.91. The van der Waals surface area contributed by atoms with Gasteiger partial charge >= 0.3 is 0 Å². The number of nitrogens with zero attached hydrogens (tertiary/aromatic N) is 1. The molecule has 0 spiro atoms. The van der Waals surface area contributed by atoms with E-state index in [4.69, 9.17) is 4.74 Å². The number of guanidine groups is 1. The molecule has 0 unspecified atom stereocenters. The van der Waals surface area contributed by atoms with Crippen LogP contribution in [0.3, 0.4) is 0 Å². The molecule has 156 valence electrons. The molecule has 0 bridgehead atoms. The van der Waals surface area contributed by atoms with Gasteiger partial charge in [-0.15, -0.1) is 0 Å². The van der Waals surface area contributed by atoms with Gasteiger partial charge in [0.05, 0.1) is 6.42 Å². The summed E-state index contributed by atoms with van der Waals surface area (Å²) in [4.78, 5) is 28.6. The number of anilines is 2. The normalized spacial score (nSPS) is 15.1. The van der Waals surface area contributed by atoms with E-state index in [2.05, 4.69) is 20.9 Å². The third-order valence-electron chi connectivity index (χ3n) is 4.43. The molecular weight excluding hydrogens is 399 g/mol. The largest absolute Gasteiger partial charge is 0.457 e.